The zero-order valence-electron chi connectivity index (χ0n) is 5.05. The highest BCUT2D eigenvalue weighted by atomic mass is 16.5. The molecule has 0 bridgehead atoms. The molecule has 1 N–H and O–H groups in total. The normalized spacial score (nSPS) is 10.8. The molecule has 0 aliphatic carbocycles. The summed E-state index contributed by atoms with van der Waals surface area (Å²) in [4.78, 5) is 10.4. The number of aromatic nitrogens is 1. The third kappa shape index (κ3) is 1.32. The maximum absolute atomic E-state index is 10.4. The molecule has 0 radical (unpaired) electrons. The fourth-order valence-electron chi connectivity index (χ4n) is 0.544. The molecular formula is C6H7NO2. The van der Waals surface area contributed by atoms with Crippen LogP contribution in [0.1, 0.15) is 12.7 Å². The van der Waals surface area contributed by atoms with E-state index >= 15 is 0 Å². The average Bonchev–Trinajstić information content (AvgIpc) is 2.17. The second kappa shape index (κ2) is 2.35. The Morgan fingerprint density at radius 3 is 3.00 bits per heavy atom. The molecule has 0 fully saturated rings. The van der Waals surface area contributed by atoms with Crippen molar-refractivity contribution in [2.75, 3.05) is 0 Å². The van der Waals surface area contributed by atoms with Crippen LogP contribution >= 0.6 is 0 Å². The highest BCUT2D eigenvalue weighted by Gasteiger charge is 1.89. The van der Waals surface area contributed by atoms with Gasteiger partial charge < -0.3 is 4.52 Å². The molecule has 0 aliphatic heterocycles. The van der Waals surface area contributed by atoms with Gasteiger partial charge in [0.1, 0.15) is 0 Å². The monoisotopic (exact) mass is 125 g/mol. The van der Waals surface area contributed by atoms with Crippen LogP contribution in [0.25, 0.3) is 6.08 Å². The van der Waals surface area contributed by atoms with Crippen LogP contribution in [0.3, 0.4) is 0 Å². The van der Waals surface area contributed by atoms with Crippen LogP contribution in [0.2, 0.25) is 0 Å². The smallest absolute Gasteiger partial charge is 0.280 e. The van der Waals surface area contributed by atoms with Crippen LogP contribution in [0, 0.1) is 0 Å². The molecule has 9 heavy (non-hydrogen) atoms. The van der Waals surface area contributed by atoms with E-state index in [4.69, 9.17) is 0 Å². The third-order valence-electron chi connectivity index (χ3n) is 0.874. The summed E-state index contributed by atoms with van der Waals surface area (Å²) < 4.78 is 4.68. The van der Waals surface area contributed by atoms with E-state index in [1.165, 1.54) is 6.07 Å². The van der Waals surface area contributed by atoms with Crippen LogP contribution in [0.5, 0.6) is 0 Å². The predicted molar refractivity (Wildman–Crippen MR) is 34.0 cm³/mol. The van der Waals surface area contributed by atoms with Gasteiger partial charge in [-0.25, -0.2) is 0 Å². The van der Waals surface area contributed by atoms with Gasteiger partial charge in [-0.15, -0.1) is 0 Å². The number of H-pyrrole nitrogens is 1. The van der Waals surface area contributed by atoms with Crippen LogP contribution in [-0.2, 0) is 0 Å². The molecule has 1 rings (SSSR count). The van der Waals surface area contributed by atoms with Crippen molar-refractivity contribution >= 4 is 6.08 Å². The number of nitrogens with one attached hydrogen (secondary N) is 1. The van der Waals surface area contributed by atoms with Crippen LogP contribution in [0.4, 0.5) is 0 Å². The van der Waals surface area contributed by atoms with Gasteiger partial charge in [-0.2, -0.15) is 5.16 Å². The minimum absolute atomic E-state index is 0.205. The molecule has 0 aromatic carbocycles. The Bertz CT molecular complexity index is 256. The summed E-state index contributed by atoms with van der Waals surface area (Å²) >= 11 is 0. The summed E-state index contributed by atoms with van der Waals surface area (Å²) in [7, 11) is 0. The largest absolute Gasteiger partial charge is 0.379 e. The van der Waals surface area contributed by atoms with Crippen molar-refractivity contribution in [3.8, 4) is 0 Å². The fraction of sp³-hybridized carbons (Fsp3) is 0.167. The molecule has 0 atom stereocenters. The molecule has 3 nitrogen and oxygen atoms in total. The van der Waals surface area contributed by atoms with Crippen molar-refractivity contribution in [3.05, 3.63) is 28.3 Å². The van der Waals surface area contributed by atoms with Crippen molar-refractivity contribution < 1.29 is 4.52 Å². The summed E-state index contributed by atoms with van der Waals surface area (Å²) in [6.07, 6.45) is 3.50. The Kier molecular flexibility index (Phi) is 1.53. The molecule has 0 spiro atoms. The summed E-state index contributed by atoms with van der Waals surface area (Å²) in [5, 5.41) is 2.17. The van der Waals surface area contributed by atoms with Gasteiger partial charge in [-0.05, 0) is 13.0 Å². The van der Waals surface area contributed by atoms with Crippen molar-refractivity contribution in [2.24, 2.45) is 0 Å². The average molecular weight is 125 g/mol. The predicted octanol–water partition coefficient (Wildman–Crippen LogP) is 1.00. The van der Waals surface area contributed by atoms with Gasteiger partial charge in [-0.3, -0.25) is 4.79 Å². The third-order valence-corrected chi connectivity index (χ3v) is 0.874. The van der Waals surface area contributed by atoms with Gasteiger partial charge in [0.15, 0.2) is 5.76 Å². The molecule has 0 saturated carbocycles. The van der Waals surface area contributed by atoms with Gasteiger partial charge in [0.2, 0.25) is 0 Å². The fourth-order valence-corrected chi connectivity index (χ4v) is 0.544. The highest BCUT2D eigenvalue weighted by molar-refractivity contribution is 5.40. The van der Waals surface area contributed by atoms with Gasteiger partial charge in [-0.1, -0.05) is 6.08 Å². The Labute approximate surface area is 52.0 Å². The van der Waals surface area contributed by atoms with Crippen molar-refractivity contribution in [1.29, 1.82) is 0 Å². The van der Waals surface area contributed by atoms with E-state index < -0.39 is 0 Å². The van der Waals surface area contributed by atoms with Crippen LogP contribution in [0.15, 0.2) is 21.5 Å². The molecule has 1 aromatic rings. The van der Waals surface area contributed by atoms with Gasteiger partial charge in [0.25, 0.3) is 5.56 Å². The maximum Gasteiger partial charge on any atom is 0.280 e. The highest BCUT2D eigenvalue weighted by Crippen LogP contribution is 1.93. The number of rotatable bonds is 1. The lowest BCUT2D eigenvalue weighted by Crippen LogP contribution is -1.92. The first-order chi connectivity index (χ1) is 4.33. The molecule has 1 aromatic heterocycles. The standard InChI is InChI=1S/C6H7NO2/c1-2-3-5-4-6(8)7-9-5/h2-4H,1H3,(H,7,8). The number of aromatic amines is 1. The first-order valence-corrected chi connectivity index (χ1v) is 2.64. The minimum atomic E-state index is -0.205. The summed E-state index contributed by atoms with van der Waals surface area (Å²) in [6.45, 7) is 1.85. The second-order valence-corrected chi connectivity index (χ2v) is 1.62. The number of allylic oxidation sites excluding steroid dienone is 1. The molecule has 48 valence electrons. The van der Waals surface area contributed by atoms with E-state index in [1.807, 2.05) is 6.92 Å². The number of hydrogen-bond acceptors (Lipinski definition) is 2. The van der Waals surface area contributed by atoms with E-state index in [0.717, 1.165) is 0 Å². The lowest BCUT2D eigenvalue weighted by molar-refractivity contribution is 0.407. The molecule has 0 saturated heterocycles. The Morgan fingerprint density at radius 1 is 1.78 bits per heavy atom. The molecular weight excluding hydrogens is 118 g/mol. The number of hydrogen-bond donors (Lipinski definition) is 1. The topological polar surface area (TPSA) is 46.0 Å². The first kappa shape index (κ1) is 5.88. The summed E-state index contributed by atoms with van der Waals surface area (Å²) in [6, 6.07) is 1.39. The molecule has 1 heterocycles. The van der Waals surface area contributed by atoms with Crippen LogP contribution < -0.4 is 5.56 Å². The zero-order chi connectivity index (χ0) is 6.69. The van der Waals surface area contributed by atoms with E-state index in [0.29, 0.717) is 5.76 Å². The van der Waals surface area contributed by atoms with Gasteiger partial charge >= 0.3 is 0 Å². The lowest BCUT2D eigenvalue weighted by atomic mass is 10.4. The van der Waals surface area contributed by atoms with Crippen LogP contribution in [-0.4, -0.2) is 5.16 Å². The molecule has 0 amide bonds. The van der Waals surface area contributed by atoms with E-state index in [1.54, 1.807) is 12.2 Å². The van der Waals surface area contributed by atoms with E-state index in [-0.39, 0.29) is 5.56 Å². The van der Waals surface area contributed by atoms with E-state index in [9.17, 15) is 4.79 Å². The van der Waals surface area contributed by atoms with Crippen molar-refractivity contribution in [2.45, 2.75) is 6.92 Å². The quantitative estimate of drug-likeness (QED) is 0.608. The lowest BCUT2D eigenvalue weighted by Gasteiger charge is -1.74. The molecule has 0 unspecified atom stereocenters. The second-order valence-electron chi connectivity index (χ2n) is 1.62. The Balaban J connectivity index is 2.98. The summed E-state index contributed by atoms with van der Waals surface area (Å²) in [5.41, 5.74) is -0.205. The first-order valence-electron chi connectivity index (χ1n) is 2.64. The minimum Gasteiger partial charge on any atom is -0.379 e. The summed E-state index contributed by atoms with van der Waals surface area (Å²) in [5.74, 6) is 0.558. The van der Waals surface area contributed by atoms with Gasteiger partial charge in [0.05, 0.1) is 6.07 Å². The Morgan fingerprint density at radius 2 is 2.56 bits per heavy atom. The molecule has 3 heteroatoms. The van der Waals surface area contributed by atoms with Crippen molar-refractivity contribution in [1.82, 2.24) is 5.16 Å². The zero-order valence-corrected chi connectivity index (χ0v) is 5.05. The van der Waals surface area contributed by atoms with Crippen molar-refractivity contribution in [3.63, 3.8) is 0 Å². The van der Waals surface area contributed by atoms with Gasteiger partial charge in [0, 0.05) is 0 Å². The molecule has 0 aliphatic rings. The SMILES string of the molecule is CC=Cc1cc(=O)[nH]o1. The maximum atomic E-state index is 10.4. The Hall–Kier alpha value is -1.25. The van der Waals surface area contributed by atoms with E-state index in [2.05, 4.69) is 9.68 Å².